The first kappa shape index (κ1) is 21.9. The number of ether oxygens (including phenoxy) is 1. The number of aromatic nitrogens is 1. The van der Waals surface area contributed by atoms with E-state index in [-0.39, 0.29) is 17.9 Å². The van der Waals surface area contributed by atoms with Gasteiger partial charge >= 0.3 is 6.09 Å². The first-order chi connectivity index (χ1) is 13.2. The van der Waals surface area contributed by atoms with Crippen LogP contribution in [0.25, 0.3) is 0 Å². The maximum atomic E-state index is 13.1. The lowest BCUT2D eigenvalue weighted by Gasteiger charge is -2.26. The molecule has 152 valence electrons. The second-order valence-corrected chi connectivity index (χ2v) is 8.92. The zero-order valence-corrected chi connectivity index (χ0v) is 17.9. The Morgan fingerprint density at radius 2 is 1.82 bits per heavy atom. The van der Waals surface area contributed by atoms with Gasteiger partial charge < -0.3 is 15.4 Å². The fraction of sp³-hybridized carbons (Fsp3) is 0.476. The summed E-state index contributed by atoms with van der Waals surface area (Å²) in [6.07, 6.45) is 1.48. The van der Waals surface area contributed by atoms with E-state index in [1.54, 1.807) is 27.0 Å². The number of carbonyl (C=O) groups excluding carboxylic acids is 2. The van der Waals surface area contributed by atoms with Gasteiger partial charge in [-0.3, -0.25) is 4.79 Å². The number of hydrogen-bond acceptors (Lipinski definition) is 5. The molecule has 1 aromatic carbocycles. The van der Waals surface area contributed by atoms with Gasteiger partial charge in [-0.25, -0.2) is 9.78 Å². The Morgan fingerprint density at radius 1 is 1.14 bits per heavy atom. The molecule has 0 aliphatic carbocycles. The quantitative estimate of drug-likeness (QED) is 0.730. The maximum Gasteiger partial charge on any atom is 0.408 e. The van der Waals surface area contributed by atoms with Gasteiger partial charge in [0, 0.05) is 18.0 Å². The van der Waals surface area contributed by atoms with Gasteiger partial charge in [-0.2, -0.15) is 0 Å². The van der Waals surface area contributed by atoms with Crippen LogP contribution in [0, 0.1) is 5.92 Å². The first-order valence-electron chi connectivity index (χ1n) is 9.39. The number of nitrogens with zero attached hydrogens (tertiary/aromatic N) is 1. The summed E-state index contributed by atoms with van der Waals surface area (Å²) < 4.78 is 5.34. The normalized spacial score (nSPS) is 13.6. The molecule has 0 spiro atoms. The van der Waals surface area contributed by atoms with Gasteiger partial charge in [-0.1, -0.05) is 44.2 Å². The number of rotatable bonds is 7. The van der Waals surface area contributed by atoms with Crippen LogP contribution in [0.15, 0.2) is 41.9 Å². The van der Waals surface area contributed by atoms with Crippen molar-refractivity contribution in [3.05, 3.63) is 52.5 Å². The van der Waals surface area contributed by atoms with E-state index in [2.05, 4.69) is 15.6 Å². The molecule has 0 bridgehead atoms. The smallest absolute Gasteiger partial charge is 0.408 e. The molecule has 0 aliphatic rings. The number of benzene rings is 1. The molecule has 28 heavy (non-hydrogen) atoms. The SMILES string of the molecule is CC(C)[C@H](NC(=O)[C@H](Cc1ccccc1)NC(=O)OC(C)(C)C)c1nccs1. The number of amides is 2. The van der Waals surface area contributed by atoms with Crippen molar-refractivity contribution in [2.45, 2.75) is 58.7 Å². The number of thiazole rings is 1. The van der Waals surface area contributed by atoms with E-state index < -0.39 is 17.7 Å². The Morgan fingerprint density at radius 3 is 2.36 bits per heavy atom. The predicted molar refractivity (Wildman–Crippen MR) is 111 cm³/mol. The molecule has 2 N–H and O–H groups in total. The zero-order valence-electron chi connectivity index (χ0n) is 17.1. The maximum absolute atomic E-state index is 13.1. The van der Waals surface area contributed by atoms with Gasteiger partial charge in [0.25, 0.3) is 0 Å². The van der Waals surface area contributed by atoms with Crippen molar-refractivity contribution in [3.63, 3.8) is 0 Å². The largest absolute Gasteiger partial charge is 0.444 e. The van der Waals surface area contributed by atoms with E-state index in [1.807, 2.05) is 49.6 Å². The molecule has 0 unspecified atom stereocenters. The standard InChI is InChI=1S/C21H29N3O3S/c1-14(2)17(19-22-11-12-28-19)24-18(25)16(13-15-9-7-6-8-10-15)23-20(26)27-21(3,4)5/h6-12,14,16-17H,13H2,1-5H3,(H,23,26)(H,24,25)/t16-,17-/m0/s1. The molecule has 1 heterocycles. The summed E-state index contributed by atoms with van der Waals surface area (Å²) >= 11 is 1.50. The Labute approximate surface area is 170 Å². The third kappa shape index (κ3) is 6.96. The fourth-order valence-electron chi connectivity index (χ4n) is 2.66. The summed E-state index contributed by atoms with van der Waals surface area (Å²) in [7, 11) is 0. The lowest BCUT2D eigenvalue weighted by molar-refractivity contribution is -0.124. The number of carbonyl (C=O) groups is 2. The summed E-state index contributed by atoms with van der Waals surface area (Å²) in [5, 5.41) is 8.50. The average Bonchev–Trinajstić information content (AvgIpc) is 3.12. The van der Waals surface area contributed by atoms with E-state index in [0.29, 0.717) is 6.42 Å². The minimum absolute atomic E-state index is 0.161. The van der Waals surface area contributed by atoms with Crippen LogP contribution in [0.3, 0.4) is 0 Å². The van der Waals surface area contributed by atoms with Crippen LogP contribution in [0.2, 0.25) is 0 Å². The number of hydrogen-bond donors (Lipinski definition) is 2. The molecule has 2 amide bonds. The van der Waals surface area contributed by atoms with Crippen molar-refractivity contribution in [1.29, 1.82) is 0 Å². The van der Waals surface area contributed by atoms with Crippen LogP contribution in [-0.2, 0) is 16.0 Å². The lowest BCUT2D eigenvalue weighted by Crippen LogP contribution is -2.50. The van der Waals surface area contributed by atoms with Crippen LogP contribution in [0.1, 0.15) is 51.2 Å². The van der Waals surface area contributed by atoms with Gasteiger partial charge in [0.15, 0.2) is 0 Å². The molecule has 2 aromatic rings. The van der Waals surface area contributed by atoms with E-state index in [4.69, 9.17) is 4.74 Å². The molecule has 2 atom stereocenters. The third-order valence-corrected chi connectivity index (χ3v) is 4.83. The lowest BCUT2D eigenvalue weighted by atomic mass is 10.0. The Kier molecular flexibility index (Phi) is 7.57. The molecule has 0 saturated heterocycles. The van der Waals surface area contributed by atoms with Gasteiger partial charge in [-0.05, 0) is 32.3 Å². The highest BCUT2D eigenvalue weighted by molar-refractivity contribution is 7.09. The first-order valence-corrected chi connectivity index (χ1v) is 10.3. The van der Waals surface area contributed by atoms with Crippen LogP contribution in [0.4, 0.5) is 4.79 Å². The molecular formula is C21H29N3O3S. The van der Waals surface area contributed by atoms with Gasteiger partial charge in [0.05, 0.1) is 6.04 Å². The minimum Gasteiger partial charge on any atom is -0.444 e. The molecule has 0 radical (unpaired) electrons. The molecule has 0 fully saturated rings. The van der Waals surface area contributed by atoms with E-state index in [0.717, 1.165) is 10.6 Å². The van der Waals surface area contributed by atoms with Crippen molar-refractivity contribution in [2.24, 2.45) is 5.92 Å². The number of alkyl carbamates (subject to hydrolysis) is 1. The Hall–Kier alpha value is -2.41. The van der Waals surface area contributed by atoms with Crippen LogP contribution < -0.4 is 10.6 Å². The van der Waals surface area contributed by atoms with E-state index in [1.165, 1.54) is 11.3 Å². The molecule has 0 aliphatic heterocycles. The summed E-state index contributed by atoms with van der Waals surface area (Å²) in [5.41, 5.74) is 0.313. The predicted octanol–water partition coefficient (Wildman–Crippen LogP) is 4.09. The summed E-state index contributed by atoms with van der Waals surface area (Å²) in [6.45, 7) is 9.42. The van der Waals surface area contributed by atoms with Crippen molar-refractivity contribution in [3.8, 4) is 0 Å². The highest BCUT2D eigenvalue weighted by Gasteiger charge is 2.28. The monoisotopic (exact) mass is 403 g/mol. The van der Waals surface area contributed by atoms with Gasteiger partial charge in [-0.15, -0.1) is 11.3 Å². The highest BCUT2D eigenvalue weighted by Crippen LogP contribution is 2.23. The number of nitrogens with one attached hydrogen (secondary N) is 2. The van der Waals surface area contributed by atoms with Gasteiger partial charge in [0.1, 0.15) is 16.7 Å². The van der Waals surface area contributed by atoms with Crippen LogP contribution in [-0.4, -0.2) is 28.6 Å². The van der Waals surface area contributed by atoms with Crippen molar-refractivity contribution >= 4 is 23.3 Å². The van der Waals surface area contributed by atoms with Crippen molar-refractivity contribution in [1.82, 2.24) is 15.6 Å². The van der Waals surface area contributed by atoms with Crippen molar-refractivity contribution in [2.75, 3.05) is 0 Å². The van der Waals surface area contributed by atoms with E-state index >= 15 is 0 Å². The minimum atomic E-state index is -0.751. The average molecular weight is 404 g/mol. The summed E-state index contributed by atoms with van der Waals surface area (Å²) in [4.78, 5) is 29.7. The van der Waals surface area contributed by atoms with Crippen LogP contribution >= 0.6 is 11.3 Å². The molecule has 0 saturated carbocycles. The highest BCUT2D eigenvalue weighted by atomic mass is 32.1. The molecular weight excluding hydrogens is 374 g/mol. The Bertz CT molecular complexity index is 755. The van der Waals surface area contributed by atoms with Gasteiger partial charge in [0.2, 0.25) is 5.91 Å². The molecule has 7 heteroatoms. The Balaban J connectivity index is 2.16. The zero-order chi connectivity index (χ0) is 20.7. The fourth-order valence-corrected chi connectivity index (χ4v) is 3.52. The summed E-state index contributed by atoms with van der Waals surface area (Å²) in [6, 6.07) is 8.62. The third-order valence-electron chi connectivity index (χ3n) is 3.97. The second kappa shape index (κ2) is 9.68. The molecule has 2 rings (SSSR count). The molecule has 1 aromatic heterocycles. The van der Waals surface area contributed by atoms with Crippen LogP contribution in [0.5, 0.6) is 0 Å². The van der Waals surface area contributed by atoms with E-state index in [9.17, 15) is 9.59 Å². The van der Waals surface area contributed by atoms with Crippen molar-refractivity contribution < 1.29 is 14.3 Å². The second-order valence-electron chi connectivity index (χ2n) is 7.99. The summed E-state index contributed by atoms with van der Waals surface area (Å²) in [5.74, 6) is -0.0994. The molecule has 6 nitrogen and oxygen atoms in total. The topological polar surface area (TPSA) is 80.3 Å².